The molecule has 2 aliphatic heterocycles. The van der Waals surface area contributed by atoms with Crippen molar-refractivity contribution in [1.82, 2.24) is 29.5 Å². The fraction of sp³-hybridized carbons (Fsp3) is 0.680. The van der Waals surface area contributed by atoms with Gasteiger partial charge in [0.1, 0.15) is 23.6 Å². The summed E-state index contributed by atoms with van der Waals surface area (Å²) in [5.74, 6) is -0.334. The van der Waals surface area contributed by atoms with Gasteiger partial charge in [-0.3, -0.25) is 4.98 Å². The van der Waals surface area contributed by atoms with Crippen molar-refractivity contribution in [2.45, 2.75) is 63.0 Å². The van der Waals surface area contributed by atoms with E-state index in [1.54, 1.807) is 6.33 Å². The first-order valence-corrected chi connectivity index (χ1v) is 12.7. The molecule has 2 spiro atoms. The zero-order valence-corrected chi connectivity index (χ0v) is 19.7. The van der Waals surface area contributed by atoms with Gasteiger partial charge in [-0.2, -0.15) is 5.10 Å². The maximum Gasteiger partial charge on any atom is 0.320 e. The number of halogens is 2. The molecule has 8 nitrogen and oxygen atoms in total. The van der Waals surface area contributed by atoms with Gasteiger partial charge in [0.25, 0.3) is 0 Å². The Hall–Kier alpha value is -2.62. The van der Waals surface area contributed by atoms with Crippen molar-refractivity contribution in [2.75, 3.05) is 26.2 Å². The van der Waals surface area contributed by atoms with Crippen LogP contribution in [-0.2, 0) is 12.0 Å². The van der Waals surface area contributed by atoms with E-state index < -0.39 is 17.2 Å². The van der Waals surface area contributed by atoms with Crippen LogP contribution in [-0.4, -0.2) is 66.9 Å². The number of urea groups is 1. The number of hydrogen-bond donors (Lipinski definition) is 1. The molecule has 0 unspecified atom stereocenters. The summed E-state index contributed by atoms with van der Waals surface area (Å²) in [4.78, 5) is 25.2. The molecule has 7 rings (SSSR count). The molecule has 4 heterocycles. The topological polar surface area (TPSA) is 87.4 Å². The van der Waals surface area contributed by atoms with Crippen molar-refractivity contribution in [3.63, 3.8) is 0 Å². The van der Waals surface area contributed by atoms with Gasteiger partial charge in [-0.15, -0.1) is 0 Å². The third-order valence-electron chi connectivity index (χ3n) is 9.18. The molecule has 2 amide bonds. The van der Waals surface area contributed by atoms with Crippen molar-refractivity contribution >= 4 is 6.03 Å². The lowest BCUT2D eigenvalue weighted by Gasteiger charge is -2.60. The van der Waals surface area contributed by atoms with Gasteiger partial charge < -0.3 is 14.9 Å². The normalized spacial score (nSPS) is 27.6. The van der Waals surface area contributed by atoms with Gasteiger partial charge in [0.15, 0.2) is 5.82 Å². The highest BCUT2D eigenvalue weighted by molar-refractivity contribution is 5.76. The van der Waals surface area contributed by atoms with E-state index in [1.165, 1.54) is 0 Å². The van der Waals surface area contributed by atoms with Crippen LogP contribution in [0.5, 0.6) is 0 Å². The van der Waals surface area contributed by atoms with Crippen molar-refractivity contribution in [1.29, 1.82) is 0 Å². The predicted octanol–water partition coefficient (Wildman–Crippen LogP) is 3.03. The molecule has 3 aliphatic carbocycles. The maximum absolute atomic E-state index is 14.0. The van der Waals surface area contributed by atoms with Crippen LogP contribution < -0.4 is 0 Å². The second kappa shape index (κ2) is 7.21. The van der Waals surface area contributed by atoms with Gasteiger partial charge in [-0.1, -0.05) is 0 Å². The van der Waals surface area contributed by atoms with Gasteiger partial charge >= 0.3 is 6.03 Å². The molecule has 1 N–H and O–H groups in total. The Kier molecular flexibility index (Phi) is 4.46. The summed E-state index contributed by atoms with van der Waals surface area (Å²) < 4.78 is 29.0. The average Bonchev–Trinajstić information content (AvgIpc) is 3.14. The van der Waals surface area contributed by atoms with Crippen molar-refractivity contribution in [2.24, 2.45) is 16.7 Å². The van der Waals surface area contributed by atoms with Crippen LogP contribution >= 0.6 is 0 Å². The Bertz CT molecular complexity index is 1180. The van der Waals surface area contributed by atoms with E-state index in [2.05, 4.69) is 15.1 Å². The highest BCUT2D eigenvalue weighted by Gasteiger charge is 2.57. The predicted molar refractivity (Wildman–Crippen MR) is 120 cm³/mol. The van der Waals surface area contributed by atoms with Crippen LogP contribution in [0.1, 0.15) is 62.5 Å². The van der Waals surface area contributed by atoms with Crippen LogP contribution in [0.4, 0.5) is 13.6 Å². The summed E-state index contributed by atoms with van der Waals surface area (Å²) in [6.07, 6.45) is 9.84. The van der Waals surface area contributed by atoms with E-state index in [0.717, 1.165) is 83.4 Å². The summed E-state index contributed by atoms with van der Waals surface area (Å²) in [7, 11) is 0. The summed E-state index contributed by atoms with van der Waals surface area (Å²) in [6.45, 7) is 3.15. The van der Waals surface area contributed by atoms with Gasteiger partial charge in [0, 0.05) is 43.1 Å². The lowest BCUT2D eigenvalue weighted by atomic mass is 9.60. The van der Waals surface area contributed by atoms with Gasteiger partial charge in [0.2, 0.25) is 0 Å². The van der Waals surface area contributed by atoms with E-state index in [0.29, 0.717) is 29.9 Å². The monoisotopic (exact) mass is 484 g/mol. The number of pyridine rings is 1. The molecule has 2 aromatic heterocycles. The molecule has 5 aliphatic rings. The van der Waals surface area contributed by atoms with E-state index >= 15 is 0 Å². The van der Waals surface area contributed by atoms with Crippen LogP contribution in [0.15, 0.2) is 18.6 Å². The highest BCUT2D eigenvalue weighted by Crippen LogP contribution is 2.55. The number of rotatable bonds is 4. The molecule has 5 fully saturated rings. The largest absolute Gasteiger partial charge is 0.382 e. The number of nitrogens with zero attached hydrogens (tertiary/aromatic N) is 6. The van der Waals surface area contributed by atoms with Crippen LogP contribution in [0.3, 0.4) is 0 Å². The fourth-order valence-electron chi connectivity index (χ4n) is 7.04. The molecule has 2 saturated heterocycles. The smallest absolute Gasteiger partial charge is 0.320 e. The maximum atomic E-state index is 14.0. The van der Waals surface area contributed by atoms with Crippen LogP contribution in [0, 0.1) is 28.4 Å². The van der Waals surface area contributed by atoms with E-state index in [9.17, 15) is 18.7 Å². The third kappa shape index (κ3) is 3.55. The number of aromatic nitrogens is 4. The second-order valence-electron chi connectivity index (χ2n) is 12.0. The number of likely N-dealkylation sites (tertiary alicyclic amines) is 2. The molecule has 3 saturated carbocycles. The standard InChI is InChI=1S/C25H30F2N6O2/c26-17-6-19(27)20(28-10-17)5-16-1-2-23(7-16)11-31(12-23)22(34)32-13-24(14-32)8-18(9-24)33-15-29-21(30-33)25(35)3-4-25/h6,10,15-16,18,35H,1-5,7-9,11-14H2/t16-/m0/s1. The Morgan fingerprint density at radius 3 is 2.43 bits per heavy atom. The Labute approximate surface area is 202 Å². The Morgan fingerprint density at radius 2 is 1.74 bits per heavy atom. The second-order valence-corrected chi connectivity index (χ2v) is 12.0. The first-order chi connectivity index (χ1) is 16.7. The summed E-state index contributed by atoms with van der Waals surface area (Å²) in [6, 6.07) is 1.35. The zero-order valence-electron chi connectivity index (χ0n) is 19.7. The average molecular weight is 485 g/mol. The molecule has 0 bridgehead atoms. The molecule has 10 heteroatoms. The fourth-order valence-corrected chi connectivity index (χ4v) is 7.04. The number of carbonyl (C=O) groups is 1. The highest BCUT2D eigenvalue weighted by atomic mass is 19.1. The lowest BCUT2D eigenvalue weighted by molar-refractivity contribution is -0.0849. The summed E-state index contributed by atoms with van der Waals surface area (Å²) >= 11 is 0. The molecule has 186 valence electrons. The Morgan fingerprint density at radius 1 is 1.03 bits per heavy atom. The number of amides is 2. The number of hydrogen-bond acceptors (Lipinski definition) is 5. The van der Waals surface area contributed by atoms with Crippen molar-refractivity contribution < 1.29 is 18.7 Å². The van der Waals surface area contributed by atoms with Gasteiger partial charge in [0.05, 0.1) is 17.9 Å². The molecule has 2 aromatic rings. The van der Waals surface area contributed by atoms with Crippen molar-refractivity contribution in [3.8, 4) is 0 Å². The molecule has 0 aromatic carbocycles. The number of carbonyl (C=O) groups excluding carboxylic acids is 1. The quantitative estimate of drug-likeness (QED) is 0.721. The first kappa shape index (κ1) is 21.6. The third-order valence-corrected chi connectivity index (χ3v) is 9.18. The lowest BCUT2D eigenvalue weighted by Crippen LogP contribution is -2.69. The summed E-state index contributed by atoms with van der Waals surface area (Å²) in [5, 5.41) is 14.7. The zero-order chi connectivity index (χ0) is 24.0. The first-order valence-electron chi connectivity index (χ1n) is 12.7. The Balaban J connectivity index is 0.875. The minimum atomic E-state index is -0.797. The van der Waals surface area contributed by atoms with Crippen LogP contribution in [0.2, 0.25) is 0 Å². The molecule has 35 heavy (non-hydrogen) atoms. The van der Waals surface area contributed by atoms with E-state index in [-0.39, 0.29) is 16.9 Å². The molecule has 1 atom stereocenters. The minimum absolute atomic E-state index is 0.137. The van der Waals surface area contributed by atoms with E-state index in [4.69, 9.17) is 0 Å². The van der Waals surface area contributed by atoms with E-state index in [1.807, 2.05) is 14.5 Å². The molecule has 0 radical (unpaired) electrons. The molecular formula is C25H30F2N6O2. The molecular weight excluding hydrogens is 454 g/mol. The number of aliphatic hydroxyl groups is 1. The van der Waals surface area contributed by atoms with Crippen molar-refractivity contribution in [3.05, 3.63) is 41.7 Å². The minimum Gasteiger partial charge on any atom is -0.382 e. The summed E-state index contributed by atoms with van der Waals surface area (Å²) in [5.41, 5.74) is -0.0992. The van der Waals surface area contributed by atoms with Gasteiger partial charge in [-0.05, 0) is 57.3 Å². The SMILES string of the molecule is O=C(N1CC2(CC(n3cnc(C4(O)CC4)n3)C2)C1)N1CC2(CC[C@@H](Cc3ncc(F)cc3F)C2)C1. The van der Waals surface area contributed by atoms with Gasteiger partial charge in [-0.25, -0.2) is 23.2 Å². The van der Waals surface area contributed by atoms with Crippen LogP contribution in [0.25, 0.3) is 0 Å².